The molecule has 0 spiro atoms. The highest BCUT2D eigenvalue weighted by atomic mass is 32.2. The summed E-state index contributed by atoms with van der Waals surface area (Å²) >= 11 is 1.25. The summed E-state index contributed by atoms with van der Waals surface area (Å²) in [6, 6.07) is 7.22. The van der Waals surface area contributed by atoms with Crippen LogP contribution in [0.2, 0.25) is 0 Å². The number of aromatic nitrogens is 4. The summed E-state index contributed by atoms with van der Waals surface area (Å²) in [4.78, 5) is 37.6. The molecule has 10 nitrogen and oxygen atoms in total. The number of benzene rings is 1. The summed E-state index contributed by atoms with van der Waals surface area (Å²) in [6.07, 6.45) is 2.21. The van der Waals surface area contributed by atoms with Crippen molar-refractivity contribution in [1.82, 2.24) is 29.8 Å². The lowest BCUT2D eigenvalue weighted by molar-refractivity contribution is -0.122. The Morgan fingerprint density at radius 3 is 2.82 bits per heavy atom. The smallest absolute Gasteiger partial charge is 0.262 e. The fourth-order valence-electron chi connectivity index (χ4n) is 3.85. The lowest BCUT2D eigenvalue weighted by atomic mass is 10.2. The molecule has 1 atom stereocenters. The van der Waals surface area contributed by atoms with Crippen molar-refractivity contribution < 1.29 is 14.3 Å². The molecule has 2 aromatic heterocycles. The van der Waals surface area contributed by atoms with E-state index in [2.05, 4.69) is 20.8 Å². The topological polar surface area (TPSA) is 120 Å². The van der Waals surface area contributed by atoms with Gasteiger partial charge in [0.1, 0.15) is 0 Å². The van der Waals surface area contributed by atoms with Crippen molar-refractivity contribution in [2.75, 3.05) is 18.9 Å². The van der Waals surface area contributed by atoms with Gasteiger partial charge in [-0.2, -0.15) is 0 Å². The van der Waals surface area contributed by atoms with E-state index < -0.39 is 0 Å². The number of ether oxygens (including phenoxy) is 1. The van der Waals surface area contributed by atoms with Crippen LogP contribution in [-0.4, -0.2) is 62.0 Å². The molecule has 1 aliphatic heterocycles. The van der Waals surface area contributed by atoms with Gasteiger partial charge in [-0.15, -0.1) is 10.2 Å². The van der Waals surface area contributed by atoms with Crippen LogP contribution in [0, 0.1) is 0 Å². The summed E-state index contributed by atoms with van der Waals surface area (Å²) in [5, 5.41) is 15.2. The highest BCUT2D eigenvalue weighted by Crippen LogP contribution is 2.21. The molecule has 176 valence electrons. The van der Waals surface area contributed by atoms with Gasteiger partial charge in [-0.05, 0) is 38.8 Å². The molecule has 0 aliphatic carbocycles. The van der Waals surface area contributed by atoms with Gasteiger partial charge in [-0.3, -0.25) is 23.4 Å². The maximum atomic E-state index is 13.1. The Bertz CT molecular complexity index is 1210. The minimum atomic E-state index is -0.228. The van der Waals surface area contributed by atoms with Gasteiger partial charge >= 0.3 is 0 Å². The quantitative estimate of drug-likeness (QED) is 0.451. The van der Waals surface area contributed by atoms with Crippen molar-refractivity contribution in [2.24, 2.45) is 0 Å². The second-order valence-corrected chi connectivity index (χ2v) is 9.23. The minimum Gasteiger partial charge on any atom is -0.376 e. The summed E-state index contributed by atoms with van der Waals surface area (Å²) < 4.78 is 8.78. The highest BCUT2D eigenvalue weighted by molar-refractivity contribution is 7.99. The zero-order chi connectivity index (χ0) is 23.4. The number of fused-ring (bicyclic) bond motifs is 3. The van der Waals surface area contributed by atoms with Crippen LogP contribution < -0.4 is 16.2 Å². The number of carbonyl (C=O) groups excluding carboxylic acids is 2. The van der Waals surface area contributed by atoms with Crippen LogP contribution in [0.4, 0.5) is 0 Å². The van der Waals surface area contributed by atoms with E-state index in [1.165, 1.54) is 16.3 Å². The van der Waals surface area contributed by atoms with Crippen LogP contribution in [0.25, 0.3) is 16.7 Å². The lowest BCUT2D eigenvalue weighted by Gasteiger charge is -2.12. The van der Waals surface area contributed by atoms with Crippen LogP contribution in [0.1, 0.15) is 33.1 Å². The van der Waals surface area contributed by atoms with Crippen LogP contribution >= 0.6 is 11.8 Å². The molecule has 0 unspecified atom stereocenters. The van der Waals surface area contributed by atoms with Crippen molar-refractivity contribution in [2.45, 2.75) is 57.0 Å². The number of nitrogens with zero attached hydrogens (tertiary/aromatic N) is 4. The second-order valence-electron chi connectivity index (χ2n) is 8.29. The van der Waals surface area contributed by atoms with Crippen molar-refractivity contribution in [1.29, 1.82) is 0 Å². The molecular weight excluding hydrogens is 444 g/mol. The fraction of sp³-hybridized carbons (Fsp3) is 0.500. The third-order valence-corrected chi connectivity index (χ3v) is 6.30. The first-order valence-electron chi connectivity index (χ1n) is 11.1. The molecule has 2 amide bonds. The fourth-order valence-corrected chi connectivity index (χ4v) is 4.62. The number of aryl methyl sites for hydroxylation is 1. The molecule has 0 bridgehead atoms. The van der Waals surface area contributed by atoms with Crippen LogP contribution in [-0.2, 0) is 20.9 Å². The van der Waals surface area contributed by atoms with Gasteiger partial charge in [0.05, 0.1) is 22.8 Å². The van der Waals surface area contributed by atoms with Gasteiger partial charge in [0, 0.05) is 32.2 Å². The minimum absolute atomic E-state index is 0.0216. The number of carbonyl (C=O) groups is 2. The Balaban J connectivity index is 1.57. The molecule has 3 heterocycles. The Morgan fingerprint density at radius 1 is 1.24 bits per heavy atom. The molecule has 1 aromatic carbocycles. The standard InChI is InChI=1S/C22H28N6O4S/c1-14(2)24-18(29)9-10-27-20(31)16-7-3-4-8-17(16)28-21(27)25-26-22(28)33-13-19(30)23-12-15-6-5-11-32-15/h3-4,7-8,14-15H,5-6,9-13H2,1-2H3,(H,23,30)(H,24,29)/t15-/m0/s1. The molecule has 1 saturated heterocycles. The SMILES string of the molecule is CC(C)NC(=O)CCn1c(=O)c2ccccc2n2c(SCC(=O)NC[C@@H]3CCCO3)nnc12. The van der Waals surface area contributed by atoms with E-state index in [1.807, 2.05) is 26.0 Å². The summed E-state index contributed by atoms with van der Waals surface area (Å²) in [6.45, 7) is 5.20. The number of hydrogen-bond acceptors (Lipinski definition) is 7. The lowest BCUT2D eigenvalue weighted by Crippen LogP contribution is -2.33. The van der Waals surface area contributed by atoms with Gasteiger partial charge in [0.25, 0.3) is 5.56 Å². The molecule has 4 rings (SSSR count). The van der Waals surface area contributed by atoms with Crippen molar-refractivity contribution in [3.63, 3.8) is 0 Å². The predicted octanol–water partition coefficient (Wildman–Crippen LogP) is 1.35. The van der Waals surface area contributed by atoms with Crippen molar-refractivity contribution in [3.8, 4) is 0 Å². The number of rotatable bonds is 9. The molecule has 11 heteroatoms. The number of hydrogen-bond donors (Lipinski definition) is 2. The molecule has 0 saturated carbocycles. The summed E-state index contributed by atoms with van der Waals surface area (Å²) in [7, 11) is 0. The number of para-hydroxylation sites is 1. The number of amides is 2. The van der Waals surface area contributed by atoms with E-state index in [-0.39, 0.29) is 48.2 Å². The summed E-state index contributed by atoms with van der Waals surface area (Å²) in [5.41, 5.74) is 0.432. The third-order valence-electron chi connectivity index (χ3n) is 5.37. The Kier molecular flexibility index (Phi) is 7.29. The molecule has 1 aliphatic rings. The van der Waals surface area contributed by atoms with Crippen molar-refractivity contribution >= 4 is 40.3 Å². The second kappa shape index (κ2) is 10.3. The van der Waals surface area contributed by atoms with Gasteiger partial charge in [0.15, 0.2) is 5.16 Å². The molecule has 33 heavy (non-hydrogen) atoms. The third kappa shape index (κ3) is 5.36. The average Bonchev–Trinajstić information content (AvgIpc) is 3.46. The van der Waals surface area contributed by atoms with Crippen LogP contribution in [0.5, 0.6) is 0 Å². The average molecular weight is 473 g/mol. The highest BCUT2D eigenvalue weighted by Gasteiger charge is 2.19. The molecule has 3 aromatic rings. The predicted molar refractivity (Wildman–Crippen MR) is 125 cm³/mol. The van der Waals surface area contributed by atoms with E-state index in [0.717, 1.165) is 19.4 Å². The monoisotopic (exact) mass is 472 g/mol. The normalized spacial score (nSPS) is 16.0. The van der Waals surface area contributed by atoms with Crippen molar-refractivity contribution in [3.05, 3.63) is 34.6 Å². The first kappa shape index (κ1) is 23.2. The molecule has 2 N–H and O–H groups in total. The zero-order valence-electron chi connectivity index (χ0n) is 18.7. The van der Waals surface area contributed by atoms with E-state index in [0.29, 0.717) is 28.4 Å². The molecule has 1 fully saturated rings. The number of nitrogens with one attached hydrogen (secondary N) is 2. The van der Waals surface area contributed by atoms with E-state index in [9.17, 15) is 14.4 Å². The summed E-state index contributed by atoms with van der Waals surface area (Å²) in [5.74, 6) is 0.256. The van der Waals surface area contributed by atoms with Crippen LogP contribution in [0.15, 0.2) is 34.2 Å². The number of thioether (sulfide) groups is 1. The van der Waals surface area contributed by atoms with Gasteiger partial charge in [-0.1, -0.05) is 23.9 Å². The Hall–Kier alpha value is -2.92. The molecular formula is C22H28N6O4S. The van der Waals surface area contributed by atoms with Gasteiger partial charge < -0.3 is 15.4 Å². The maximum absolute atomic E-state index is 13.1. The first-order chi connectivity index (χ1) is 15.9. The first-order valence-corrected chi connectivity index (χ1v) is 12.1. The van der Waals surface area contributed by atoms with E-state index >= 15 is 0 Å². The largest absolute Gasteiger partial charge is 0.376 e. The Morgan fingerprint density at radius 2 is 2.06 bits per heavy atom. The van der Waals surface area contributed by atoms with Gasteiger partial charge in [0.2, 0.25) is 17.6 Å². The van der Waals surface area contributed by atoms with E-state index in [4.69, 9.17) is 4.74 Å². The van der Waals surface area contributed by atoms with E-state index in [1.54, 1.807) is 16.5 Å². The molecule has 0 radical (unpaired) electrons. The van der Waals surface area contributed by atoms with Crippen LogP contribution in [0.3, 0.4) is 0 Å². The maximum Gasteiger partial charge on any atom is 0.262 e. The van der Waals surface area contributed by atoms with Gasteiger partial charge in [-0.25, -0.2) is 0 Å². The Labute approximate surface area is 195 Å². The zero-order valence-corrected chi connectivity index (χ0v) is 19.6.